The molecule has 3 aromatic rings. The van der Waals surface area contributed by atoms with Gasteiger partial charge >= 0.3 is 0 Å². The molecule has 0 radical (unpaired) electrons. The van der Waals surface area contributed by atoms with E-state index >= 15 is 0 Å². The fourth-order valence-corrected chi connectivity index (χ4v) is 5.85. The molecule has 5 rings (SSSR count). The van der Waals surface area contributed by atoms with E-state index in [1.807, 2.05) is 24.3 Å². The minimum atomic E-state index is 0.150. The average molecular weight is 503 g/mol. The van der Waals surface area contributed by atoms with Gasteiger partial charge in [0.25, 0.3) is 0 Å². The predicted octanol–water partition coefficient (Wildman–Crippen LogP) is 5.03. The molecule has 7 heteroatoms. The third-order valence-electron chi connectivity index (χ3n) is 7.51. The minimum absolute atomic E-state index is 0.150. The standard InChI is InChI=1S/C30H38N4O3/c1-20(2)14-27(35)17-33-30(24-6-5-7-28(16-24)36-4)31-29(32-33)23-10-8-22(9-11-23)15-21(3)34-25-12-13-26(34)19-37-18-25/h5-11,16,20-21,25-26H,12-15,17-19H2,1-4H3. The normalized spacial score (nSPS) is 20.4. The fourth-order valence-electron chi connectivity index (χ4n) is 5.85. The van der Waals surface area contributed by atoms with Gasteiger partial charge in [-0.25, -0.2) is 9.67 Å². The van der Waals surface area contributed by atoms with E-state index in [2.05, 4.69) is 49.9 Å². The maximum atomic E-state index is 12.7. The number of nitrogens with zero attached hydrogens (tertiary/aromatic N) is 4. The summed E-state index contributed by atoms with van der Waals surface area (Å²) in [6.45, 7) is 8.38. The molecule has 0 aliphatic carbocycles. The van der Waals surface area contributed by atoms with Crippen molar-refractivity contribution in [1.29, 1.82) is 0 Å². The smallest absolute Gasteiger partial charge is 0.181 e. The zero-order chi connectivity index (χ0) is 25.9. The molecule has 2 saturated heterocycles. The summed E-state index contributed by atoms with van der Waals surface area (Å²) in [5.41, 5.74) is 3.13. The van der Waals surface area contributed by atoms with Crippen LogP contribution in [0.3, 0.4) is 0 Å². The summed E-state index contributed by atoms with van der Waals surface area (Å²) in [5.74, 6) is 2.50. The second-order valence-corrected chi connectivity index (χ2v) is 10.9. The number of morpholine rings is 1. The molecule has 2 aliphatic heterocycles. The Balaban J connectivity index is 1.37. The number of Topliss-reactive ketones (excluding diaryl/α,β-unsaturated/α-hetero) is 1. The molecule has 3 unspecified atom stereocenters. The second kappa shape index (κ2) is 11.2. The average Bonchev–Trinajstić information content (AvgIpc) is 3.41. The highest BCUT2D eigenvalue weighted by molar-refractivity contribution is 5.79. The van der Waals surface area contributed by atoms with Crippen LogP contribution in [-0.4, -0.2) is 63.9 Å². The van der Waals surface area contributed by atoms with Gasteiger partial charge in [-0.05, 0) is 49.8 Å². The van der Waals surface area contributed by atoms with Gasteiger partial charge < -0.3 is 9.47 Å². The van der Waals surface area contributed by atoms with Crippen molar-refractivity contribution in [2.24, 2.45) is 5.92 Å². The summed E-state index contributed by atoms with van der Waals surface area (Å²) < 4.78 is 12.9. The lowest BCUT2D eigenvalue weighted by molar-refractivity contribution is -0.120. The summed E-state index contributed by atoms with van der Waals surface area (Å²) in [7, 11) is 1.65. The molecule has 196 valence electrons. The molecule has 0 N–H and O–H groups in total. The Hall–Kier alpha value is -3.03. The van der Waals surface area contributed by atoms with Gasteiger partial charge in [0.1, 0.15) is 12.3 Å². The zero-order valence-corrected chi connectivity index (χ0v) is 22.4. The number of hydrogen-bond donors (Lipinski definition) is 0. The summed E-state index contributed by atoms with van der Waals surface area (Å²) >= 11 is 0. The maximum Gasteiger partial charge on any atom is 0.181 e. The van der Waals surface area contributed by atoms with Gasteiger partial charge in [-0.1, -0.05) is 50.2 Å². The van der Waals surface area contributed by atoms with Crippen molar-refractivity contribution in [3.8, 4) is 28.5 Å². The van der Waals surface area contributed by atoms with Crippen molar-refractivity contribution >= 4 is 5.78 Å². The SMILES string of the molecule is COc1cccc(-c2nc(-c3ccc(CC(C)N4C5CCC4COC5)cc3)nn2CC(=O)CC(C)C)c1. The van der Waals surface area contributed by atoms with Crippen LogP contribution in [0.4, 0.5) is 0 Å². The number of carbonyl (C=O) groups excluding carboxylic acids is 1. The van der Waals surface area contributed by atoms with Gasteiger partial charge in [0.05, 0.1) is 20.3 Å². The minimum Gasteiger partial charge on any atom is -0.497 e. The monoisotopic (exact) mass is 502 g/mol. The van der Waals surface area contributed by atoms with Crippen LogP contribution in [-0.2, 0) is 22.5 Å². The number of fused-ring (bicyclic) bond motifs is 2. The molecular weight excluding hydrogens is 464 g/mol. The topological polar surface area (TPSA) is 69.5 Å². The highest BCUT2D eigenvalue weighted by atomic mass is 16.5. The largest absolute Gasteiger partial charge is 0.497 e. The Labute approximate surface area is 219 Å². The van der Waals surface area contributed by atoms with Crippen molar-refractivity contribution < 1.29 is 14.3 Å². The molecule has 2 aliphatic rings. The second-order valence-electron chi connectivity index (χ2n) is 10.9. The number of benzene rings is 2. The first-order chi connectivity index (χ1) is 17.9. The number of aromatic nitrogens is 3. The lowest BCUT2D eigenvalue weighted by atomic mass is 10.0. The fraction of sp³-hybridized carbons (Fsp3) is 0.500. The molecule has 37 heavy (non-hydrogen) atoms. The molecule has 3 atom stereocenters. The van der Waals surface area contributed by atoms with Gasteiger partial charge in [-0.3, -0.25) is 9.69 Å². The predicted molar refractivity (Wildman–Crippen MR) is 145 cm³/mol. The van der Waals surface area contributed by atoms with E-state index < -0.39 is 0 Å². The molecule has 0 saturated carbocycles. The van der Waals surface area contributed by atoms with Gasteiger partial charge in [0.2, 0.25) is 0 Å². The summed E-state index contributed by atoms with van der Waals surface area (Å²) in [6, 6.07) is 17.9. The Bertz CT molecular complexity index is 1200. The third-order valence-corrected chi connectivity index (χ3v) is 7.51. The van der Waals surface area contributed by atoms with E-state index in [1.54, 1.807) is 11.8 Å². The van der Waals surface area contributed by atoms with E-state index in [1.165, 1.54) is 18.4 Å². The molecule has 7 nitrogen and oxygen atoms in total. The van der Waals surface area contributed by atoms with E-state index in [-0.39, 0.29) is 12.3 Å². The van der Waals surface area contributed by atoms with Gasteiger partial charge in [0, 0.05) is 35.7 Å². The molecule has 2 aromatic carbocycles. The molecule has 1 aromatic heterocycles. The van der Waals surface area contributed by atoms with E-state index in [4.69, 9.17) is 19.6 Å². The maximum absolute atomic E-state index is 12.7. The molecular formula is C30H38N4O3. The Kier molecular flexibility index (Phi) is 7.72. The Morgan fingerprint density at radius 3 is 2.46 bits per heavy atom. The van der Waals surface area contributed by atoms with Crippen LogP contribution in [0.25, 0.3) is 22.8 Å². The molecule has 0 amide bonds. The van der Waals surface area contributed by atoms with E-state index in [0.717, 1.165) is 36.5 Å². The number of rotatable bonds is 10. The van der Waals surface area contributed by atoms with Crippen molar-refractivity contribution in [2.45, 2.75) is 71.1 Å². The molecule has 3 heterocycles. The molecule has 2 fully saturated rings. The summed E-state index contributed by atoms with van der Waals surface area (Å²) in [6.07, 6.45) is 4.02. The highest BCUT2D eigenvalue weighted by Gasteiger charge is 2.39. The highest BCUT2D eigenvalue weighted by Crippen LogP contribution is 2.32. The van der Waals surface area contributed by atoms with E-state index in [0.29, 0.717) is 42.1 Å². The number of methoxy groups -OCH3 is 1. The summed E-state index contributed by atoms with van der Waals surface area (Å²) in [5, 5.41) is 4.77. The number of hydrogen-bond acceptors (Lipinski definition) is 6. The van der Waals surface area contributed by atoms with Gasteiger partial charge in [-0.15, -0.1) is 5.10 Å². The van der Waals surface area contributed by atoms with E-state index in [9.17, 15) is 4.79 Å². The Morgan fingerprint density at radius 1 is 1.05 bits per heavy atom. The van der Waals surface area contributed by atoms with Crippen LogP contribution >= 0.6 is 0 Å². The lowest BCUT2D eigenvalue weighted by Crippen LogP contribution is -2.50. The van der Waals surface area contributed by atoms with Gasteiger partial charge in [0.15, 0.2) is 17.4 Å². The Morgan fingerprint density at radius 2 is 1.78 bits per heavy atom. The van der Waals surface area contributed by atoms with Crippen LogP contribution in [0.2, 0.25) is 0 Å². The first-order valence-corrected chi connectivity index (χ1v) is 13.5. The van der Waals surface area contributed by atoms with Crippen LogP contribution in [0.15, 0.2) is 48.5 Å². The van der Waals surface area contributed by atoms with Crippen molar-refractivity contribution in [3.05, 3.63) is 54.1 Å². The number of carbonyl (C=O) groups is 1. The van der Waals surface area contributed by atoms with Crippen LogP contribution < -0.4 is 4.74 Å². The van der Waals surface area contributed by atoms with Gasteiger partial charge in [-0.2, -0.15) is 0 Å². The quantitative estimate of drug-likeness (QED) is 0.387. The van der Waals surface area contributed by atoms with Crippen LogP contribution in [0, 0.1) is 5.92 Å². The first-order valence-electron chi connectivity index (χ1n) is 13.5. The molecule has 0 spiro atoms. The van der Waals surface area contributed by atoms with Crippen molar-refractivity contribution in [2.75, 3.05) is 20.3 Å². The lowest BCUT2D eigenvalue weighted by Gasteiger charge is -2.39. The van der Waals surface area contributed by atoms with Crippen LogP contribution in [0.1, 0.15) is 45.6 Å². The van der Waals surface area contributed by atoms with Crippen molar-refractivity contribution in [1.82, 2.24) is 19.7 Å². The summed E-state index contributed by atoms with van der Waals surface area (Å²) in [4.78, 5) is 20.2. The number of ether oxygens (including phenoxy) is 2. The van der Waals surface area contributed by atoms with Crippen molar-refractivity contribution in [3.63, 3.8) is 0 Å². The molecule has 2 bridgehead atoms. The number of ketones is 1. The van der Waals surface area contributed by atoms with Crippen LogP contribution in [0.5, 0.6) is 5.75 Å². The third kappa shape index (κ3) is 5.78. The first kappa shape index (κ1) is 25.6. The zero-order valence-electron chi connectivity index (χ0n) is 22.4.